The molecule has 0 spiro atoms. The first kappa shape index (κ1) is 19.9. The summed E-state index contributed by atoms with van der Waals surface area (Å²) in [7, 11) is 3.19. The van der Waals surface area contributed by atoms with Crippen LogP contribution in [0.1, 0.15) is 58.8 Å². The Morgan fingerprint density at radius 3 is 2.62 bits per heavy atom. The standard InChI is InChI=1S/C24H36O5/c1-22-9-7-15(26)11-14(22)5-6-16-17(22)8-10-23(2)18(16)12-20-24(23,29-20)19(13-25)21(27-3)28-4/h5,15-18,20,25-26H,6-13H2,1-4H3/t15-,16+,17-,18+,20+,22-,23-,24+/m0/s1. The monoisotopic (exact) mass is 404 g/mol. The van der Waals surface area contributed by atoms with Crippen LogP contribution in [0, 0.1) is 28.6 Å². The van der Waals surface area contributed by atoms with Crippen LogP contribution in [0.25, 0.3) is 0 Å². The molecule has 1 saturated heterocycles. The summed E-state index contributed by atoms with van der Waals surface area (Å²) in [4.78, 5) is 0. The van der Waals surface area contributed by atoms with Crippen LogP contribution in [-0.4, -0.2) is 48.8 Å². The molecule has 5 aliphatic rings. The topological polar surface area (TPSA) is 71.5 Å². The highest BCUT2D eigenvalue weighted by molar-refractivity contribution is 5.40. The number of fused-ring (bicyclic) bond motifs is 7. The minimum Gasteiger partial charge on any atom is -0.469 e. The molecular formula is C24H36O5. The molecule has 4 aliphatic carbocycles. The van der Waals surface area contributed by atoms with Crippen molar-refractivity contribution < 1.29 is 24.4 Å². The number of allylic oxidation sites excluding steroid dienone is 1. The van der Waals surface area contributed by atoms with E-state index in [1.807, 2.05) is 0 Å². The summed E-state index contributed by atoms with van der Waals surface area (Å²) in [5.41, 5.74) is 2.09. The minimum atomic E-state index is -0.438. The van der Waals surface area contributed by atoms with Gasteiger partial charge in [0.2, 0.25) is 0 Å². The number of hydrogen-bond donors (Lipinski definition) is 2. The number of epoxide rings is 1. The zero-order valence-corrected chi connectivity index (χ0v) is 18.2. The molecule has 0 amide bonds. The summed E-state index contributed by atoms with van der Waals surface area (Å²) in [6.07, 6.45) is 9.82. The molecule has 1 aliphatic heterocycles. The van der Waals surface area contributed by atoms with Gasteiger partial charge in [-0.05, 0) is 68.1 Å². The van der Waals surface area contributed by atoms with Crippen molar-refractivity contribution in [3.63, 3.8) is 0 Å². The van der Waals surface area contributed by atoms with Gasteiger partial charge in [-0.2, -0.15) is 0 Å². The van der Waals surface area contributed by atoms with Gasteiger partial charge >= 0.3 is 0 Å². The number of methoxy groups -OCH3 is 2. The van der Waals surface area contributed by atoms with Crippen molar-refractivity contribution in [1.82, 2.24) is 0 Å². The first-order valence-electron chi connectivity index (χ1n) is 11.3. The highest BCUT2D eigenvalue weighted by Gasteiger charge is 2.79. The average Bonchev–Trinajstić information content (AvgIpc) is 3.37. The Balaban J connectivity index is 1.51. The molecule has 0 aromatic rings. The third-order valence-electron chi connectivity index (χ3n) is 9.73. The largest absolute Gasteiger partial charge is 0.469 e. The lowest BCUT2D eigenvalue weighted by Crippen LogP contribution is -2.53. The molecule has 29 heavy (non-hydrogen) atoms. The van der Waals surface area contributed by atoms with Crippen LogP contribution >= 0.6 is 0 Å². The fourth-order valence-corrected chi connectivity index (χ4v) is 8.27. The maximum Gasteiger partial charge on any atom is 0.283 e. The second-order valence-electron chi connectivity index (χ2n) is 10.5. The second kappa shape index (κ2) is 6.48. The number of rotatable bonds is 4. The molecule has 0 bridgehead atoms. The Bertz CT molecular complexity index is 752. The molecule has 1 heterocycles. The van der Waals surface area contributed by atoms with Crippen LogP contribution in [0.4, 0.5) is 0 Å². The third kappa shape index (κ3) is 2.38. The zero-order valence-electron chi connectivity index (χ0n) is 18.2. The van der Waals surface area contributed by atoms with E-state index in [9.17, 15) is 10.2 Å². The van der Waals surface area contributed by atoms with Crippen molar-refractivity contribution in [1.29, 1.82) is 0 Å². The molecule has 3 saturated carbocycles. The molecule has 0 unspecified atom stereocenters. The fraction of sp³-hybridized carbons (Fsp3) is 0.833. The summed E-state index contributed by atoms with van der Waals surface area (Å²) in [5, 5.41) is 20.4. The number of aliphatic hydroxyl groups is 2. The lowest BCUT2D eigenvalue weighted by Gasteiger charge is -2.58. The van der Waals surface area contributed by atoms with Gasteiger partial charge in [0.1, 0.15) is 5.60 Å². The number of ether oxygens (including phenoxy) is 3. The van der Waals surface area contributed by atoms with Crippen LogP contribution in [-0.2, 0) is 14.2 Å². The number of aliphatic hydroxyl groups excluding tert-OH is 2. The van der Waals surface area contributed by atoms with E-state index in [0.29, 0.717) is 23.7 Å². The maximum atomic E-state index is 10.2. The normalized spacial score (nSPS) is 49.7. The summed E-state index contributed by atoms with van der Waals surface area (Å²) >= 11 is 0. The molecule has 5 heteroatoms. The summed E-state index contributed by atoms with van der Waals surface area (Å²) in [6.45, 7) is 4.74. The van der Waals surface area contributed by atoms with E-state index in [1.54, 1.807) is 14.2 Å². The minimum absolute atomic E-state index is 0.00487. The Labute approximate surface area is 174 Å². The van der Waals surface area contributed by atoms with Crippen LogP contribution in [0.2, 0.25) is 0 Å². The van der Waals surface area contributed by atoms with Crippen molar-refractivity contribution in [3.05, 3.63) is 23.2 Å². The predicted molar refractivity (Wildman–Crippen MR) is 109 cm³/mol. The molecule has 5 nitrogen and oxygen atoms in total. The summed E-state index contributed by atoms with van der Waals surface area (Å²) < 4.78 is 17.3. The van der Waals surface area contributed by atoms with E-state index < -0.39 is 5.60 Å². The van der Waals surface area contributed by atoms with Crippen LogP contribution in [0.15, 0.2) is 23.2 Å². The highest BCUT2D eigenvalue weighted by Crippen LogP contribution is 2.75. The number of hydrogen-bond acceptors (Lipinski definition) is 5. The Morgan fingerprint density at radius 2 is 1.93 bits per heavy atom. The lowest BCUT2D eigenvalue weighted by molar-refractivity contribution is -0.0791. The fourth-order valence-electron chi connectivity index (χ4n) is 8.27. The second-order valence-corrected chi connectivity index (χ2v) is 10.5. The van der Waals surface area contributed by atoms with Crippen LogP contribution < -0.4 is 0 Å². The lowest BCUT2D eigenvalue weighted by atomic mass is 9.47. The third-order valence-corrected chi connectivity index (χ3v) is 9.73. The highest BCUT2D eigenvalue weighted by atomic mass is 16.7. The smallest absolute Gasteiger partial charge is 0.283 e. The Hall–Kier alpha value is -1.04. The van der Waals surface area contributed by atoms with Gasteiger partial charge in [0, 0.05) is 5.41 Å². The van der Waals surface area contributed by atoms with E-state index >= 15 is 0 Å². The predicted octanol–water partition coefficient (Wildman–Crippen LogP) is 3.55. The van der Waals surface area contributed by atoms with Gasteiger partial charge in [-0.1, -0.05) is 25.5 Å². The first-order chi connectivity index (χ1) is 13.9. The van der Waals surface area contributed by atoms with Crippen molar-refractivity contribution >= 4 is 0 Å². The first-order valence-corrected chi connectivity index (χ1v) is 11.3. The maximum absolute atomic E-state index is 10.2. The van der Waals surface area contributed by atoms with Gasteiger partial charge in [0.15, 0.2) is 0 Å². The van der Waals surface area contributed by atoms with Crippen LogP contribution in [0.5, 0.6) is 0 Å². The van der Waals surface area contributed by atoms with Gasteiger partial charge in [-0.15, -0.1) is 0 Å². The van der Waals surface area contributed by atoms with E-state index in [0.717, 1.165) is 44.1 Å². The van der Waals surface area contributed by atoms with Gasteiger partial charge in [-0.25, -0.2) is 0 Å². The zero-order chi connectivity index (χ0) is 20.6. The van der Waals surface area contributed by atoms with Gasteiger partial charge in [0.05, 0.1) is 38.6 Å². The molecule has 0 radical (unpaired) electrons. The Kier molecular flexibility index (Phi) is 4.44. The molecule has 5 rings (SSSR count). The van der Waals surface area contributed by atoms with E-state index in [1.165, 1.54) is 12.0 Å². The Morgan fingerprint density at radius 1 is 1.17 bits per heavy atom. The van der Waals surface area contributed by atoms with Gasteiger partial charge in [0.25, 0.3) is 5.95 Å². The summed E-state index contributed by atoms with van der Waals surface area (Å²) in [5.74, 6) is 2.34. The van der Waals surface area contributed by atoms with E-state index in [2.05, 4.69) is 19.9 Å². The molecule has 162 valence electrons. The molecule has 0 aromatic carbocycles. The molecular weight excluding hydrogens is 368 g/mol. The quantitative estimate of drug-likeness (QED) is 0.426. The molecule has 8 atom stereocenters. The van der Waals surface area contributed by atoms with Crippen molar-refractivity contribution in [2.45, 2.75) is 76.6 Å². The van der Waals surface area contributed by atoms with Crippen molar-refractivity contribution in [3.8, 4) is 0 Å². The molecule has 4 fully saturated rings. The molecule has 0 aromatic heterocycles. The molecule has 2 N–H and O–H groups in total. The van der Waals surface area contributed by atoms with Crippen molar-refractivity contribution in [2.75, 3.05) is 20.8 Å². The van der Waals surface area contributed by atoms with Crippen molar-refractivity contribution in [2.24, 2.45) is 28.6 Å². The van der Waals surface area contributed by atoms with E-state index in [-0.39, 0.29) is 29.6 Å². The van der Waals surface area contributed by atoms with Crippen LogP contribution in [0.3, 0.4) is 0 Å². The van der Waals surface area contributed by atoms with Gasteiger partial charge in [-0.3, -0.25) is 0 Å². The summed E-state index contributed by atoms with van der Waals surface area (Å²) in [6, 6.07) is 0. The van der Waals surface area contributed by atoms with E-state index in [4.69, 9.17) is 14.2 Å². The van der Waals surface area contributed by atoms with Gasteiger partial charge < -0.3 is 24.4 Å². The SMILES string of the molecule is COC(OC)=C(CO)[C@@]12O[C@@H]1C[C@@H]1[C@@H]3CC=C4C[C@@H](O)CC[C@]4(C)[C@H]3CC[C@@]12C. The average molecular weight is 405 g/mol.